The molecule has 21 heavy (non-hydrogen) atoms. The van der Waals surface area contributed by atoms with E-state index in [0.717, 1.165) is 13.0 Å². The summed E-state index contributed by atoms with van der Waals surface area (Å²) in [5.41, 5.74) is 0. The van der Waals surface area contributed by atoms with E-state index in [9.17, 15) is 4.39 Å². The Morgan fingerprint density at radius 3 is 3.10 bits per heavy atom. The summed E-state index contributed by atoms with van der Waals surface area (Å²) in [7, 11) is 0. The summed E-state index contributed by atoms with van der Waals surface area (Å²) < 4.78 is 18.9. The molecule has 1 fully saturated rings. The molecule has 0 amide bonds. The first-order valence-corrected chi connectivity index (χ1v) is 8.24. The monoisotopic (exact) mass is 307 g/mol. The fraction of sp³-hybridized carbons (Fsp3) is 0.467. The molecule has 0 saturated carbocycles. The average molecular weight is 307 g/mol. The summed E-state index contributed by atoms with van der Waals surface area (Å²) in [5.74, 6) is 1.57. The normalized spacial score (nSPS) is 19.4. The van der Waals surface area contributed by atoms with Gasteiger partial charge in [0.2, 0.25) is 5.89 Å². The van der Waals surface area contributed by atoms with E-state index < -0.39 is 0 Å². The largest absolute Gasteiger partial charge is 0.338 e. The van der Waals surface area contributed by atoms with Crippen molar-refractivity contribution in [1.29, 1.82) is 0 Å². The first-order chi connectivity index (χ1) is 10.3. The van der Waals surface area contributed by atoms with Crippen molar-refractivity contribution >= 4 is 11.8 Å². The molecule has 0 radical (unpaired) electrons. The van der Waals surface area contributed by atoms with Gasteiger partial charge in [-0.05, 0) is 31.5 Å². The Kier molecular flexibility index (Phi) is 4.87. The number of benzene rings is 1. The number of halogens is 1. The minimum absolute atomic E-state index is 0.159. The van der Waals surface area contributed by atoms with Crippen LogP contribution < -0.4 is 5.32 Å². The highest BCUT2D eigenvalue weighted by Gasteiger charge is 2.20. The van der Waals surface area contributed by atoms with Crippen molar-refractivity contribution in [3.8, 4) is 0 Å². The molecule has 2 aromatic rings. The van der Waals surface area contributed by atoms with Gasteiger partial charge in [-0.15, -0.1) is 11.8 Å². The summed E-state index contributed by atoms with van der Waals surface area (Å²) in [4.78, 5) is 5.04. The van der Waals surface area contributed by atoms with Crippen LogP contribution in [0.4, 0.5) is 4.39 Å². The van der Waals surface area contributed by atoms with Gasteiger partial charge in [-0.3, -0.25) is 0 Å². The fourth-order valence-corrected chi connectivity index (χ4v) is 3.19. The molecule has 0 spiro atoms. The molecule has 1 saturated heterocycles. The second kappa shape index (κ2) is 7.04. The van der Waals surface area contributed by atoms with Crippen molar-refractivity contribution in [3.63, 3.8) is 0 Å². The topological polar surface area (TPSA) is 51.0 Å². The molecule has 1 N–H and O–H groups in total. The van der Waals surface area contributed by atoms with Gasteiger partial charge in [0.15, 0.2) is 5.82 Å². The van der Waals surface area contributed by atoms with Gasteiger partial charge in [0, 0.05) is 4.90 Å². The molecule has 0 bridgehead atoms. The predicted octanol–water partition coefficient (Wildman–Crippen LogP) is 3.71. The highest BCUT2D eigenvalue weighted by Crippen LogP contribution is 2.26. The van der Waals surface area contributed by atoms with Gasteiger partial charge in [-0.1, -0.05) is 30.1 Å². The SMILES string of the molecule is Fc1ccccc1SCc1noc(C2CCCCCN2)n1. The van der Waals surface area contributed by atoms with Gasteiger partial charge in [0.1, 0.15) is 5.82 Å². The van der Waals surface area contributed by atoms with E-state index in [1.54, 1.807) is 12.1 Å². The van der Waals surface area contributed by atoms with Crippen molar-refractivity contribution < 1.29 is 8.91 Å². The number of hydrogen-bond donors (Lipinski definition) is 1. The number of rotatable bonds is 4. The van der Waals surface area contributed by atoms with Crippen LogP contribution in [0.25, 0.3) is 0 Å². The van der Waals surface area contributed by atoms with Crippen LogP contribution in [0.3, 0.4) is 0 Å². The molecule has 6 heteroatoms. The number of nitrogens with zero attached hydrogens (tertiary/aromatic N) is 2. The first kappa shape index (κ1) is 14.5. The lowest BCUT2D eigenvalue weighted by molar-refractivity contribution is 0.325. The molecule has 2 heterocycles. The predicted molar refractivity (Wildman–Crippen MR) is 79.5 cm³/mol. The third-order valence-corrected chi connectivity index (χ3v) is 4.58. The van der Waals surface area contributed by atoms with Gasteiger partial charge in [-0.25, -0.2) is 4.39 Å². The van der Waals surface area contributed by atoms with E-state index in [-0.39, 0.29) is 11.9 Å². The van der Waals surface area contributed by atoms with E-state index in [2.05, 4.69) is 15.5 Å². The van der Waals surface area contributed by atoms with Crippen molar-refractivity contribution in [2.24, 2.45) is 0 Å². The van der Waals surface area contributed by atoms with Crippen LogP contribution in [0, 0.1) is 5.82 Å². The Morgan fingerprint density at radius 1 is 1.29 bits per heavy atom. The maximum atomic E-state index is 13.5. The van der Waals surface area contributed by atoms with Crippen LogP contribution in [-0.4, -0.2) is 16.7 Å². The zero-order valence-corrected chi connectivity index (χ0v) is 12.5. The zero-order chi connectivity index (χ0) is 14.5. The summed E-state index contributed by atoms with van der Waals surface area (Å²) in [6, 6.07) is 6.88. The van der Waals surface area contributed by atoms with Gasteiger partial charge in [0.05, 0.1) is 11.8 Å². The molecule has 1 aromatic heterocycles. The van der Waals surface area contributed by atoms with Crippen LogP contribution in [-0.2, 0) is 5.75 Å². The maximum absolute atomic E-state index is 13.5. The summed E-state index contributed by atoms with van der Waals surface area (Å²) in [6.45, 7) is 0.992. The van der Waals surface area contributed by atoms with E-state index in [4.69, 9.17) is 4.52 Å². The van der Waals surface area contributed by atoms with Crippen LogP contribution in [0.5, 0.6) is 0 Å². The average Bonchev–Trinajstić information content (AvgIpc) is 2.80. The first-order valence-electron chi connectivity index (χ1n) is 7.26. The van der Waals surface area contributed by atoms with Crippen LogP contribution >= 0.6 is 11.8 Å². The third kappa shape index (κ3) is 3.83. The van der Waals surface area contributed by atoms with Gasteiger partial charge >= 0.3 is 0 Å². The minimum atomic E-state index is -0.211. The van der Waals surface area contributed by atoms with Gasteiger partial charge in [0.25, 0.3) is 0 Å². The molecule has 1 unspecified atom stereocenters. The van der Waals surface area contributed by atoms with Gasteiger partial charge in [-0.2, -0.15) is 4.98 Å². The summed E-state index contributed by atoms with van der Waals surface area (Å²) >= 11 is 1.38. The lowest BCUT2D eigenvalue weighted by Gasteiger charge is -2.09. The number of hydrogen-bond acceptors (Lipinski definition) is 5. The lowest BCUT2D eigenvalue weighted by Crippen LogP contribution is -2.20. The second-order valence-corrected chi connectivity index (χ2v) is 6.14. The molecule has 112 valence electrons. The third-order valence-electron chi connectivity index (χ3n) is 3.54. The number of thioether (sulfide) groups is 1. The zero-order valence-electron chi connectivity index (χ0n) is 11.7. The molecular formula is C15H18FN3OS. The highest BCUT2D eigenvalue weighted by molar-refractivity contribution is 7.98. The molecule has 3 rings (SSSR count). The molecule has 0 aliphatic carbocycles. The summed E-state index contributed by atoms with van der Waals surface area (Å²) in [5, 5.41) is 7.43. The molecule has 1 aliphatic heterocycles. The van der Waals surface area contributed by atoms with Crippen molar-refractivity contribution in [1.82, 2.24) is 15.5 Å². The molecule has 1 aliphatic rings. The Morgan fingerprint density at radius 2 is 2.19 bits per heavy atom. The molecular weight excluding hydrogens is 289 g/mol. The maximum Gasteiger partial charge on any atom is 0.243 e. The summed E-state index contributed by atoms with van der Waals surface area (Å²) in [6.07, 6.45) is 4.65. The lowest BCUT2D eigenvalue weighted by atomic mass is 10.1. The smallest absolute Gasteiger partial charge is 0.243 e. The van der Waals surface area contributed by atoms with E-state index >= 15 is 0 Å². The van der Waals surface area contributed by atoms with E-state index in [0.29, 0.717) is 22.4 Å². The van der Waals surface area contributed by atoms with Crippen molar-refractivity contribution in [2.75, 3.05) is 6.54 Å². The fourth-order valence-electron chi connectivity index (χ4n) is 2.41. The van der Waals surface area contributed by atoms with Gasteiger partial charge < -0.3 is 9.84 Å². The quantitative estimate of drug-likeness (QED) is 0.873. The number of nitrogens with one attached hydrogen (secondary N) is 1. The highest BCUT2D eigenvalue weighted by atomic mass is 32.2. The number of aromatic nitrogens is 2. The standard InChI is InChI=1S/C15H18FN3OS/c16-11-6-3-4-8-13(11)21-10-14-18-15(20-19-14)12-7-2-1-5-9-17-12/h3-4,6,8,12,17H,1-2,5,7,9-10H2. The van der Waals surface area contributed by atoms with E-state index in [1.165, 1.54) is 37.1 Å². The van der Waals surface area contributed by atoms with Crippen LogP contribution in [0.2, 0.25) is 0 Å². The Labute approximate surface area is 127 Å². The Hall–Kier alpha value is -1.40. The van der Waals surface area contributed by atoms with E-state index in [1.807, 2.05) is 6.07 Å². The Balaban J connectivity index is 1.61. The van der Waals surface area contributed by atoms with Crippen molar-refractivity contribution in [3.05, 3.63) is 41.8 Å². The molecule has 1 aromatic carbocycles. The van der Waals surface area contributed by atoms with Crippen molar-refractivity contribution in [2.45, 2.75) is 42.4 Å². The Bertz CT molecular complexity index is 582. The van der Waals surface area contributed by atoms with Crippen LogP contribution in [0.15, 0.2) is 33.7 Å². The van der Waals surface area contributed by atoms with Crippen LogP contribution in [0.1, 0.15) is 43.4 Å². The second-order valence-electron chi connectivity index (χ2n) is 5.12. The molecule has 1 atom stereocenters. The molecule has 4 nitrogen and oxygen atoms in total. The minimum Gasteiger partial charge on any atom is -0.338 e.